The normalized spacial score (nSPS) is 20.5. The number of alkyl halides is 3. The lowest BCUT2D eigenvalue weighted by Crippen LogP contribution is -2.44. The number of nitrogens with one attached hydrogen (secondary N) is 1. The van der Waals surface area contributed by atoms with E-state index in [9.17, 15) is 18.0 Å². The molecule has 0 aromatic carbocycles. The molecule has 0 saturated carbocycles. The summed E-state index contributed by atoms with van der Waals surface area (Å²) in [4.78, 5) is 22.9. The Morgan fingerprint density at radius 2 is 2.12 bits per heavy atom. The molecular formula is C15H16ClF3N4O3. The van der Waals surface area contributed by atoms with Crippen LogP contribution in [0, 0.1) is 0 Å². The number of carbonyl (C=O) groups is 1. The van der Waals surface area contributed by atoms with Gasteiger partial charge in [-0.05, 0) is 6.07 Å². The van der Waals surface area contributed by atoms with Crippen molar-refractivity contribution in [2.75, 3.05) is 38.2 Å². The van der Waals surface area contributed by atoms with E-state index < -0.39 is 17.8 Å². The number of rotatable bonds is 4. The summed E-state index contributed by atoms with van der Waals surface area (Å²) in [5.41, 5.74) is -0.614. The number of ether oxygens (including phenoxy) is 1. The molecule has 142 valence electrons. The number of aromatic nitrogens is 1. The molecule has 1 aromatic rings. The number of carbonyl (C=O) groups excluding carboxylic acids is 1. The summed E-state index contributed by atoms with van der Waals surface area (Å²) >= 11 is 5.83. The van der Waals surface area contributed by atoms with Crippen LogP contribution >= 0.6 is 11.6 Å². The zero-order chi connectivity index (χ0) is 18.7. The largest absolute Gasteiger partial charge is 0.417 e. The van der Waals surface area contributed by atoms with Crippen molar-refractivity contribution in [3.63, 3.8) is 0 Å². The van der Waals surface area contributed by atoms with E-state index in [2.05, 4.69) is 15.5 Å². The molecule has 2 aliphatic heterocycles. The van der Waals surface area contributed by atoms with Gasteiger partial charge in [-0.1, -0.05) is 16.8 Å². The highest BCUT2D eigenvalue weighted by atomic mass is 35.5. The fourth-order valence-electron chi connectivity index (χ4n) is 2.55. The number of amides is 1. The third-order valence-electron chi connectivity index (χ3n) is 3.94. The first kappa shape index (κ1) is 18.7. The maximum Gasteiger partial charge on any atom is 0.417 e. The quantitative estimate of drug-likeness (QED) is 0.850. The van der Waals surface area contributed by atoms with E-state index in [0.717, 1.165) is 6.07 Å². The summed E-state index contributed by atoms with van der Waals surface area (Å²) < 4.78 is 43.0. The third-order valence-corrected chi connectivity index (χ3v) is 4.23. The molecule has 7 nitrogen and oxygen atoms in total. The molecule has 0 unspecified atom stereocenters. The molecule has 3 rings (SSSR count). The molecule has 1 saturated heterocycles. The fourth-order valence-corrected chi connectivity index (χ4v) is 2.78. The predicted molar refractivity (Wildman–Crippen MR) is 87.1 cm³/mol. The monoisotopic (exact) mass is 392 g/mol. The molecule has 1 amide bonds. The average Bonchev–Trinajstić information content (AvgIpc) is 3.09. The maximum absolute atomic E-state index is 12.6. The molecule has 0 bridgehead atoms. The summed E-state index contributed by atoms with van der Waals surface area (Å²) in [7, 11) is 0. The van der Waals surface area contributed by atoms with Crippen molar-refractivity contribution < 1.29 is 27.5 Å². The van der Waals surface area contributed by atoms with Gasteiger partial charge in [0.25, 0.3) is 5.91 Å². The second-order valence-electron chi connectivity index (χ2n) is 5.81. The van der Waals surface area contributed by atoms with Crippen molar-refractivity contribution in [1.82, 2.24) is 9.88 Å². The summed E-state index contributed by atoms with van der Waals surface area (Å²) in [6, 6.07) is 0.802. The Hall–Kier alpha value is -2.07. The smallest absolute Gasteiger partial charge is 0.390 e. The van der Waals surface area contributed by atoms with Crippen LogP contribution in [0.15, 0.2) is 17.4 Å². The Morgan fingerprint density at radius 3 is 2.77 bits per heavy atom. The Labute approximate surface area is 152 Å². The lowest BCUT2D eigenvalue weighted by atomic mass is 10.1. The van der Waals surface area contributed by atoms with Crippen LogP contribution in [0.5, 0.6) is 0 Å². The first-order chi connectivity index (χ1) is 12.3. The highest BCUT2D eigenvalue weighted by Crippen LogP contribution is 2.32. The zero-order valence-electron chi connectivity index (χ0n) is 13.6. The number of anilines is 1. The number of morpholine rings is 1. The van der Waals surface area contributed by atoms with Gasteiger partial charge in [-0.3, -0.25) is 4.79 Å². The molecule has 2 aliphatic rings. The fraction of sp³-hybridized carbons (Fsp3) is 0.533. The second-order valence-corrected chi connectivity index (χ2v) is 6.21. The minimum absolute atomic E-state index is 0.108. The average molecular weight is 393 g/mol. The van der Waals surface area contributed by atoms with Gasteiger partial charge in [0.1, 0.15) is 11.5 Å². The number of hydrogen-bond donors (Lipinski definition) is 1. The molecular weight excluding hydrogens is 377 g/mol. The lowest BCUT2D eigenvalue weighted by molar-refractivity contribution is -0.137. The molecule has 1 aromatic heterocycles. The topological polar surface area (TPSA) is 76.0 Å². The van der Waals surface area contributed by atoms with Crippen LogP contribution in [0.1, 0.15) is 12.0 Å². The number of oxime groups is 1. The van der Waals surface area contributed by atoms with Gasteiger partial charge >= 0.3 is 6.18 Å². The Bertz CT molecular complexity index is 708. The summed E-state index contributed by atoms with van der Waals surface area (Å²) in [6.07, 6.45) is -3.95. The number of pyridine rings is 1. The number of halogens is 4. The van der Waals surface area contributed by atoms with Crippen molar-refractivity contribution in [2.45, 2.75) is 18.7 Å². The van der Waals surface area contributed by atoms with E-state index in [4.69, 9.17) is 21.2 Å². The van der Waals surface area contributed by atoms with Crippen LogP contribution in [-0.2, 0) is 20.5 Å². The van der Waals surface area contributed by atoms with Crippen molar-refractivity contribution in [2.24, 2.45) is 5.16 Å². The van der Waals surface area contributed by atoms with Gasteiger partial charge in [0.15, 0.2) is 6.10 Å². The minimum atomic E-state index is -4.51. The molecule has 3 heterocycles. The molecule has 0 spiro atoms. The summed E-state index contributed by atoms with van der Waals surface area (Å²) in [6.45, 7) is 2.19. The molecule has 0 aliphatic carbocycles. The zero-order valence-corrected chi connectivity index (χ0v) is 14.3. The van der Waals surface area contributed by atoms with Crippen molar-refractivity contribution >= 4 is 29.0 Å². The van der Waals surface area contributed by atoms with Crippen LogP contribution in [0.25, 0.3) is 0 Å². The molecule has 26 heavy (non-hydrogen) atoms. The lowest BCUT2D eigenvalue weighted by Gasteiger charge is -2.26. The molecule has 1 N–H and O–H groups in total. The molecule has 11 heteroatoms. The third kappa shape index (κ3) is 4.36. The first-order valence-corrected chi connectivity index (χ1v) is 8.28. The van der Waals surface area contributed by atoms with Gasteiger partial charge in [0.05, 0.1) is 30.3 Å². The maximum atomic E-state index is 12.6. The van der Waals surface area contributed by atoms with E-state index in [1.807, 2.05) is 0 Å². The van der Waals surface area contributed by atoms with Gasteiger partial charge < -0.3 is 19.8 Å². The van der Waals surface area contributed by atoms with Crippen molar-refractivity contribution in [1.29, 1.82) is 0 Å². The molecule has 1 atom stereocenters. The predicted octanol–water partition coefficient (Wildman–Crippen LogP) is 2.17. The number of hydrogen-bond acceptors (Lipinski definition) is 6. The van der Waals surface area contributed by atoms with E-state index in [1.54, 1.807) is 4.90 Å². The second kappa shape index (κ2) is 7.67. The van der Waals surface area contributed by atoms with Crippen molar-refractivity contribution in [3.05, 3.63) is 22.8 Å². The highest BCUT2D eigenvalue weighted by molar-refractivity contribution is 6.39. The molecule has 1 fully saturated rings. The van der Waals surface area contributed by atoms with E-state index in [0.29, 0.717) is 44.6 Å². The van der Waals surface area contributed by atoms with Crippen LogP contribution in [-0.4, -0.2) is 60.5 Å². The SMILES string of the molecule is O=C(C1=NO[C@H](CNc2ncc(C(F)(F)F)cc2Cl)C1)N1CCOCC1. The summed E-state index contributed by atoms with van der Waals surface area (Å²) in [5.74, 6) is -0.0855. The number of nitrogens with zero attached hydrogens (tertiary/aromatic N) is 3. The standard InChI is InChI=1S/C15H16ClF3N4O3/c16-11-5-9(15(17,18)19)7-20-13(11)21-8-10-6-12(22-26-10)14(24)23-1-3-25-4-2-23/h5,7,10H,1-4,6,8H2,(H,20,21)/t10-/m0/s1. The van der Waals surface area contributed by atoms with Crippen LogP contribution < -0.4 is 5.32 Å². The van der Waals surface area contributed by atoms with E-state index >= 15 is 0 Å². The van der Waals surface area contributed by atoms with Gasteiger partial charge in [-0.2, -0.15) is 13.2 Å². The van der Waals surface area contributed by atoms with Gasteiger partial charge in [-0.15, -0.1) is 0 Å². The van der Waals surface area contributed by atoms with Crippen LogP contribution in [0.2, 0.25) is 5.02 Å². The summed E-state index contributed by atoms with van der Waals surface area (Å²) in [5, 5.41) is 6.49. The van der Waals surface area contributed by atoms with Gasteiger partial charge in [0.2, 0.25) is 0 Å². The van der Waals surface area contributed by atoms with Gasteiger partial charge in [-0.25, -0.2) is 4.98 Å². The van der Waals surface area contributed by atoms with Crippen LogP contribution in [0.4, 0.5) is 19.0 Å². The van der Waals surface area contributed by atoms with Gasteiger partial charge in [0, 0.05) is 25.7 Å². The molecule has 0 radical (unpaired) electrons. The van der Waals surface area contributed by atoms with Crippen molar-refractivity contribution in [3.8, 4) is 0 Å². The van der Waals surface area contributed by atoms with E-state index in [1.165, 1.54) is 0 Å². The Balaban J connectivity index is 1.52. The minimum Gasteiger partial charge on any atom is -0.390 e. The highest BCUT2D eigenvalue weighted by Gasteiger charge is 2.32. The van der Waals surface area contributed by atoms with Crippen LogP contribution in [0.3, 0.4) is 0 Å². The first-order valence-electron chi connectivity index (χ1n) is 7.91. The van der Waals surface area contributed by atoms with E-state index in [-0.39, 0.29) is 23.3 Å². The Kier molecular flexibility index (Phi) is 5.52. The Morgan fingerprint density at radius 1 is 1.38 bits per heavy atom.